The first-order valence-corrected chi connectivity index (χ1v) is 2.80. The van der Waals surface area contributed by atoms with Crippen LogP contribution in [-0.2, 0) is 14.3 Å². The van der Waals surface area contributed by atoms with E-state index in [1.54, 1.807) is 0 Å². The fraction of sp³-hybridized carbons (Fsp3) is 0.333. The Morgan fingerprint density at radius 2 is 2.00 bits per heavy atom. The maximum Gasteiger partial charge on any atom is 0.377 e. The molecule has 0 rings (SSSR count). The average Bonchev–Trinajstić information content (AvgIpc) is 2.02. The summed E-state index contributed by atoms with van der Waals surface area (Å²) in [5.41, 5.74) is 0. The molecule has 1 atom stereocenters. The molecule has 0 bridgehead atoms. The van der Waals surface area contributed by atoms with E-state index in [1.807, 2.05) is 0 Å². The van der Waals surface area contributed by atoms with E-state index in [-0.39, 0.29) is 0 Å². The van der Waals surface area contributed by atoms with Gasteiger partial charge in [-0.15, -0.1) is 0 Å². The standard InChI is InChI=1S/C6H5F3O3/c1-3(10)6(11)12-5(9)4(8)2-7/h2,5H,1H3. The van der Waals surface area contributed by atoms with E-state index in [0.29, 0.717) is 0 Å². The van der Waals surface area contributed by atoms with Crippen molar-refractivity contribution < 1.29 is 27.5 Å². The van der Waals surface area contributed by atoms with Crippen molar-refractivity contribution in [1.82, 2.24) is 0 Å². The van der Waals surface area contributed by atoms with Crippen LogP contribution in [0.1, 0.15) is 6.92 Å². The summed E-state index contributed by atoms with van der Waals surface area (Å²) >= 11 is 0. The lowest BCUT2D eigenvalue weighted by Gasteiger charge is -2.04. The van der Waals surface area contributed by atoms with Crippen molar-refractivity contribution in [1.29, 1.82) is 0 Å². The highest BCUT2D eigenvalue weighted by atomic mass is 19.2. The molecule has 0 saturated heterocycles. The Morgan fingerprint density at radius 1 is 1.50 bits per heavy atom. The lowest BCUT2D eigenvalue weighted by molar-refractivity contribution is -0.162. The number of halogens is 3. The number of carbonyl (C=O) groups excluding carboxylic acids is 2. The second-order valence-electron chi connectivity index (χ2n) is 1.77. The SMILES string of the molecule is CC(=O)C(=O)OC(F)C(F)=CF. The molecule has 68 valence electrons. The summed E-state index contributed by atoms with van der Waals surface area (Å²) in [6, 6.07) is 0. The molecule has 0 aliphatic carbocycles. The summed E-state index contributed by atoms with van der Waals surface area (Å²) in [7, 11) is 0. The van der Waals surface area contributed by atoms with Gasteiger partial charge in [-0.25, -0.2) is 13.6 Å². The number of hydrogen-bond donors (Lipinski definition) is 0. The minimum Gasteiger partial charge on any atom is -0.418 e. The highest BCUT2D eigenvalue weighted by Gasteiger charge is 2.20. The van der Waals surface area contributed by atoms with E-state index in [2.05, 4.69) is 4.74 Å². The molecule has 0 amide bonds. The zero-order valence-electron chi connectivity index (χ0n) is 6.01. The molecule has 0 aromatic heterocycles. The molecule has 0 aliphatic heterocycles. The monoisotopic (exact) mass is 182 g/mol. The number of alkyl halides is 1. The smallest absolute Gasteiger partial charge is 0.377 e. The highest BCUT2D eigenvalue weighted by molar-refractivity contribution is 6.32. The molecule has 0 aliphatic rings. The number of ketones is 1. The van der Waals surface area contributed by atoms with Crippen LogP contribution in [0, 0.1) is 0 Å². The molecule has 0 N–H and O–H groups in total. The first kappa shape index (κ1) is 10.7. The van der Waals surface area contributed by atoms with Crippen molar-refractivity contribution in [3.05, 3.63) is 12.2 Å². The number of ether oxygens (including phenoxy) is 1. The molecule has 1 unspecified atom stereocenters. The van der Waals surface area contributed by atoms with Crippen molar-refractivity contribution in [2.75, 3.05) is 0 Å². The molecule has 12 heavy (non-hydrogen) atoms. The fourth-order valence-electron chi connectivity index (χ4n) is 0.283. The maximum atomic E-state index is 12.1. The number of Topliss-reactive ketones (excluding diaryl/α,β-unsaturated/α-hetero) is 1. The van der Waals surface area contributed by atoms with Crippen LogP contribution in [0.4, 0.5) is 13.2 Å². The van der Waals surface area contributed by atoms with Crippen LogP contribution in [0.15, 0.2) is 12.2 Å². The summed E-state index contributed by atoms with van der Waals surface area (Å²) in [6.07, 6.45) is -3.55. The Kier molecular flexibility index (Phi) is 4.03. The van der Waals surface area contributed by atoms with Crippen LogP contribution in [0.3, 0.4) is 0 Å². The van der Waals surface area contributed by atoms with E-state index >= 15 is 0 Å². The summed E-state index contributed by atoms with van der Waals surface area (Å²) in [5, 5.41) is 0. The van der Waals surface area contributed by atoms with E-state index in [9.17, 15) is 22.8 Å². The van der Waals surface area contributed by atoms with Gasteiger partial charge in [0, 0.05) is 6.92 Å². The van der Waals surface area contributed by atoms with Crippen molar-refractivity contribution in [3.63, 3.8) is 0 Å². The van der Waals surface area contributed by atoms with Gasteiger partial charge in [0.05, 0.1) is 0 Å². The normalized spacial score (nSPS) is 13.8. The quantitative estimate of drug-likeness (QED) is 0.486. The number of carbonyl (C=O) groups is 2. The van der Waals surface area contributed by atoms with Gasteiger partial charge in [-0.1, -0.05) is 0 Å². The van der Waals surface area contributed by atoms with Crippen molar-refractivity contribution in [2.45, 2.75) is 13.3 Å². The second-order valence-corrected chi connectivity index (χ2v) is 1.77. The molecule has 0 aromatic rings. The molecular weight excluding hydrogens is 177 g/mol. The first-order chi connectivity index (χ1) is 5.49. The molecule has 0 aromatic carbocycles. The van der Waals surface area contributed by atoms with E-state index < -0.39 is 30.3 Å². The predicted molar refractivity (Wildman–Crippen MR) is 32.0 cm³/mol. The van der Waals surface area contributed by atoms with Gasteiger partial charge in [0.1, 0.15) is 6.33 Å². The molecule has 0 heterocycles. The fourth-order valence-corrected chi connectivity index (χ4v) is 0.283. The van der Waals surface area contributed by atoms with Gasteiger partial charge in [-0.3, -0.25) is 4.79 Å². The number of hydrogen-bond acceptors (Lipinski definition) is 3. The maximum absolute atomic E-state index is 12.1. The molecule has 6 heteroatoms. The van der Waals surface area contributed by atoms with E-state index in [1.165, 1.54) is 0 Å². The molecule has 0 fully saturated rings. The summed E-state index contributed by atoms with van der Waals surface area (Å²) in [5.74, 6) is -4.55. The van der Waals surface area contributed by atoms with Crippen LogP contribution in [0.25, 0.3) is 0 Å². The van der Waals surface area contributed by atoms with Crippen LogP contribution >= 0.6 is 0 Å². The Morgan fingerprint density at radius 3 is 2.33 bits per heavy atom. The van der Waals surface area contributed by atoms with Crippen molar-refractivity contribution in [2.24, 2.45) is 0 Å². The van der Waals surface area contributed by atoms with Gasteiger partial charge < -0.3 is 4.74 Å². The number of esters is 1. The van der Waals surface area contributed by atoms with E-state index in [0.717, 1.165) is 6.92 Å². The predicted octanol–water partition coefficient (Wildman–Crippen LogP) is 1.19. The number of rotatable bonds is 3. The Bertz CT molecular complexity index is 224. The molecule has 3 nitrogen and oxygen atoms in total. The van der Waals surface area contributed by atoms with Crippen LogP contribution in [-0.4, -0.2) is 18.1 Å². The summed E-state index contributed by atoms with van der Waals surface area (Å²) in [4.78, 5) is 20.4. The van der Waals surface area contributed by atoms with Gasteiger partial charge in [-0.05, 0) is 0 Å². The average molecular weight is 182 g/mol. The first-order valence-electron chi connectivity index (χ1n) is 2.80. The third-order valence-electron chi connectivity index (χ3n) is 0.819. The largest absolute Gasteiger partial charge is 0.418 e. The van der Waals surface area contributed by atoms with Gasteiger partial charge in [0.25, 0.3) is 6.36 Å². The minimum atomic E-state index is -2.86. The Hall–Kier alpha value is -1.33. The third-order valence-corrected chi connectivity index (χ3v) is 0.819. The van der Waals surface area contributed by atoms with E-state index in [4.69, 9.17) is 0 Å². The molecule has 0 radical (unpaired) electrons. The molecule has 0 saturated carbocycles. The highest BCUT2D eigenvalue weighted by Crippen LogP contribution is 2.10. The zero-order valence-corrected chi connectivity index (χ0v) is 6.01. The molecular formula is C6H5F3O3. The Balaban J connectivity index is 4.10. The van der Waals surface area contributed by atoms with Crippen molar-refractivity contribution >= 4 is 11.8 Å². The lowest BCUT2D eigenvalue weighted by atomic mass is 10.4. The third kappa shape index (κ3) is 3.18. The summed E-state index contributed by atoms with van der Waals surface area (Å²) in [6.45, 7) is 0.812. The van der Waals surface area contributed by atoms with Gasteiger partial charge in [0.15, 0.2) is 0 Å². The lowest BCUT2D eigenvalue weighted by Crippen LogP contribution is -2.19. The van der Waals surface area contributed by atoms with Crippen molar-refractivity contribution in [3.8, 4) is 0 Å². The van der Waals surface area contributed by atoms with Crippen LogP contribution < -0.4 is 0 Å². The minimum absolute atomic E-state index is 0.696. The Labute approximate surface area is 65.8 Å². The zero-order chi connectivity index (χ0) is 9.72. The summed E-state index contributed by atoms with van der Waals surface area (Å²) < 4.78 is 38.8. The topological polar surface area (TPSA) is 43.4 Å². The van der Waals surface area contributed by atoms with Gasteiger partial charge >= 0.3 is 5.97 Å². The van der Waals surface area contributed by atoms with Crippen LogP contribution in [0.5, 0.6) is 0 Å². The second kappa shape index (κ2) is 4.53. The van der Waals surface area contributed by atoms with Gasteiger partial charge in [-0.2, -0.15) is 4.39 Å². The van der Waals surface area contributed by atoms with Crippen LogP contribution in [0.2, 0.25) is 0 Å². The van der Waals surface area contributed by atoms with Gasteiger partial charge in [0.2, 0.25) is 11.6 Å². The molecule has 0 spiro atoms.